The van der Waals surface area contributed by atoms with Crippen LogP contribution in [0.5, 0.6) is 0 Å². The Hall–Kier alpha value is -2.03. The summed E-state index contributed by atoms with van der Waals surface area (Å²) in [7, 11) is 0. The third kappa shape index (κ3) is 1.09. The van der Waals surface area contributed by atoms with Gasteiger partial charge in [-0.2, -0.15) is 0 Å². The van der Waals surface area contributed by atoms with Crippen molar-refractivity contribution in [1.82, 2.24) is 9.97 Å². The number of para-hydroxylation sites is 1. The molecular formula is C12H11N3. The van der Waals surface area contributed by atoms with Gasteiger partial charge in [0, 0.05) is 28.0 Å². The molecule has 15 heavy (non-hydrogen) atoms. The normalized spacial score (nSPS) is 11.3. The van der Waals surface area contributed by atoms with Gasteiger partial charge >= 0.3 is 0 Å². The summed E-state index contributed by atoms with van der Waals surface area (Å²) in [6.07, 6.45) is 0. The number of nitrogens with two attached hydrogens (primary N) is 1. The number of hydrogen-bond acceptors (Lipinski definition) is 2. The lowest BCUT2D eigenvalue weighted by atomic mass is 10.1. The number of benzene rings is 1. The van der Waals surface area contributed by atoms with E-state index in [1.165, 1.54) is 10.8 Å². The fourth-order valence-corrected chi connectivity index (χ4v) is 2.09. The minimum absolute atomic E-state index is 0.562. The Kier molecular flexibility index (Phi) is 1.51. The van der Waals surface area contributed by atoms with Gasteiger partial charge in [0.25, 0.3) is 0 Å². The minimum Gasteiger partial charge on any atom is -0.384 e. The van der Waals surface area contributed by atoms with Crippen molar-refractivity contribution in [3.63, 3.8) is 0 Å². The largest absolute Gasteiger partial charge is 0.384 e. The molecule has 0 amide bonds. The summed E-state index contributed by atoms with van der Waals surface area (Å²) < 4.78 is 0. The Labute approximate surface area is 86.9 Å². The summed E-state index contributed by atoms with van der Waals surface area (Å²) in [5.74, 6) is 0.562. The number of nitrogens with one attached hydrogen (secondary N) is 1. The molecule has 0 bridgehead atoms. The number of rotatable bonds is 0. The first kappa shape index (κ1) is 8.29. The number of fused-ring (bicyclic) bond motifs is 3. The third-order valence-corrected chi connectivity index (χ3v) is 2.69. The Morgan fingerprint density at radius 3 is 2.93 bits per heavy atom. The molecule has 0 aliphatic carbocycles. The maximum Gasteiger partial charge on any atom is 0.125 e. The average molecular weight is 199 g/mol. The molecule has 3 N–H and O–H groups in total. The standard InChI is InChI=1S/C12H11N3/c1-7-12-8-4-2-3-5-9(8)15-10(12)6-11(13)14-7/h2-6,15H,1H3,(H2,13,14)/i11+2. The van der Waals surface area contributed by atoms with Crippen LogP contribution >= 0.6 is 0 Å². The van der Waals surface area contributed by atoms with Gasteiger partial charge in [-0.3, -0.25) is 0 Å². The highest BCUT2D eigenvalue weighted by atomic mass is 15.5. The molecule has 0 radical (unpaired) electrons. The molecule has 0 saturated heterocycles. The lowest BCUT2D eigenvalue weighted by Crippen LogP contribution is -1.91. The maximum atomic E-state index is 5.72. The van der Waals surface area contributed by atoms with E-state index in [9.17, 15) is 0 Å². The molecule has 2 aromatic heterocycles. The molecule has 0 aliphatic rings. The summed E-state index contributed by atoms with van der Waals surface area (Å²) >= 11 is 0. The number of pyridine rings is 1. The van der Waals surface area contributed by atoms with Crippen LogP contribution in [0.25, 0.3) is 21.8 Å². The predicted molar refractivity (Wildman–Crippen MR) is 62.7 cm³/mol. The van der Waals surface area contributed by atoms with Gasteiger partial charge in [-0.25, -0.2) is 4.98 Å². The van der Waals surface area contributed by atoms with E-state index in [0.29, 0.717) is 5.82 Å². The van der Waals surface area contributed by atoms with Crippen molar-refractivity contribution in [2.75, 3.05) is 5.73 Å². The molecule has 74 valence electrons. The molecule has 3 heteroatoms. The number of anilines is 1. The van der Waals surface area contributed by atoms with Crippen LogP contribution in [-0.2, 0) is 0 Å². The zero-order chi connectivity index (χ0) is 10.4. The number of aryl methyl sites for hydroxylation is 1. The molecule has 0 unspecified atom stereocenters. The molecule has 3 rings (SSSR count). The van der Waals surface area contributed by atoms with Gasteiger partial charge in [0.1, 0.15) is 5.82 Å². The molecule has 0 spiro atoms. The molecule has 1 aromatic carbocycles. The van der Waals surface area contributed by atoms with Gasteiger partial charge in [-0.15, -0.1) is 0 Å². The summed E-state index contributed by atoms with van der Waals surface area (Å²) in [6, 6.07) is 10.1. The average Bonchev–Trinajstić information content (AvgIpc) is 2.54. The molecule has 0 fully saturated rings. The Morgan fingerprint density at radius 2 is 2.07 bits per heavy atom. The second-order valence-electron chi connectivity index (χ2n) is 3.73. The third-order valence-electron chi connectivity index (χ3n) is 2.69. The predicted octanol–water partition coefficient (Wildman–Crippen LogP) is 2.61. The second kappa shape index (κ2) is 2.73. The summed E-state index contributed by atoms with van der Waals surface area (Å²) in [5.41, 5.74) is 8.87. The van der Waals surface area contributed by atoms with Crippen LogP contribution in [0.3, 0.4) is 0 Å². The minimum atomic E-state index is 0.562. The Morgan fingerprint density at radius 1 is 1.27 bits per heavy atom. The fourth-order valence-electron chi connectivity index (χ4n) is 2.09. The highest BCUT2D eigenvalue weighted by Crippen LogP contribution is 2.27. The van der Waals surface area contributed by atoms with E-state index in [1.54, 1.807) is 0 Å². The van der Waals surface area contributed by atoms with Crippen molar-refractivity contribution in [2.45, 2.75) is 6.92 Å². The van der Waals surface area contributed by atoms with Crippen molar-refractivity contribution < 1.29 is 0 Å². The summed E-state index contributed by atoms with van der Waals surface area (Å²) in [5, 5.41) is 2.37. The van der Waals surface area contributed by atoms with Crippen LogP contribution in [0, 0.1) is 6.92 Å². The highest BCUT2D eigenvalue weighted by molar-refractivity contribution is 6.08. The molecule has 3 nitrogen and oxygen atoms in total. The maximum absolute atomic E-state index is 5.72. The van der Waals surface area contributed by atoms with Crippen molar-refractivity contribution in [2.24, 2.45) is 0 Å². The second-order valence-corrected chi connectivity index (χ2v) is 3.73. The molecule has 0 atom stereocenters. The van der Waals surface area contributed by atoms with Crippen LogP contribution in [0.15, 0.2) is 30.3 Å². The van der Waals surface area contributed by atoms with Crippen molar-refractivity contribution in [3.05, 3.63) is 36.0 Å². The van der Waals surface area contributed by atoms with E-state index < -0.39 is 0 Å². The Balaban J connectivity index is 2.61. The van der Waals surface area contributed by atoms with Gasteiger partial charge < -0.3 is 10.7 Å². The monoisotopic (exact) mass is 199 g/mol. The van der Waals surface area contributed by atoms with Gasteiger partial charge in [-0.05, 0) is 13.0 Å². The van der Waals surface area contributed by atoms with Crippen molar-refractivity contribution >= 4 is 27.6 Å². The first-order valence-electron chi connectivity index (χ1n) is 4.89. The van der Waals surface area contributed by atoms with Crippen LogP contribution in [0.4, 0.5) is 5.82 Å². The van der Waals surface area contributed by atoms with Gasteiger partial charge in [0.2, 0.25) is 0 Å². The first-order valence-corrected chi connectivity index (χ1v) is 4.89. The number of H-pyrrole nitrogens is 1. The summed E-state index contributed by atoms with van der Waals surface area (Å²) in [4.78, 5) is 7.62. The fraction of sp³-hybridized carbons (Fsp3) is 0.0833. The van der Waals surface area contributed by atoms with E-state index in [4.69, 9.17) is 5.73 Å². The summed E-state index contributed by atoms with van der Waals surface area (Å²) in [6.45, 7) is 1.99. The van der Waals surface area contributed by atoms with Gasteiger partial charge in [-0.1, -0.05) is 18.2 Å². The van der Waals surface area contributed by atoms with E-state index in [1.807, 2.05) is 25.1 Å². The lowest BCUT2D eigenvalue weighted by molar-refractivity contribution is 1.25. The quantitative estimate of drug-likeness (QED) is 0.584. The van der Waals surface area contributed by atoms with E-state index in [-0.39, 0.29) is 0 Å². The number of nitrogen functional groups attached to an aromatic ring is 1. The smallest absolute Gasteiger partial charge is 0.125 e. The van der Waals surface area contributed by atoms with Crippen LogP contribution < -0.4 is 5.73 Å². The van der Waals surface area contributed by atoms with E-state index in [2.05, 4.69) is 22.1 Å². The van der Waals surface area contributed by atoms with E-state index in [0.717, 1.165) is 16.7 Å². The van der Waals surface area contributed by atoms with Crippen LogP contribution in [-0.4, -0.2) is 9.97 Å². The van der Waals surface area contributed by atoms with Crippen molar-refractivity contribution in [1.29, 1.82) is 0 Å². The highest BCUT2D eigenvalue weighted by Gasteiger charge is 2.07. The van der Waals surface area contributed by atoms with Gasteiger partial charge in [0.15, 0.2) is 0 Å². The molecule has 0 saturated carbocycles. The zero-order valence-electron chi connectivity index (χ0n) is 8.41. The number of aromatic amines is 1. The lowest BCUT2D eigenvalue weighted by Gasteiger charge is -1.98. The zero-order valence-corrected chi connectivity index (χ0v) is 8.41. The SMILES string of the molecule is Cc1n[14c](N)cc2[nH]c3ccccc3c12. The molecular weight excluding hydrogens is 188 g/mol. The molecule has 0 aliphatic heterocycles. The molecule has 2 heterocycles. The van der Waals surface area contributed by atoms with Crippen LogP contribution in [0.2, 0.25) is 0 Å². The topological polar surface area (TPSA) is 54.7 Å². The van der Waals surface area contributed by atoms with E-state index >= 15 is 0 Å². The van der Waals surface area contributed by atoms with Crippen LogP contribution in [0.1, 0.15) is 5.69 Å². The number of aromatic nitrogens is 2. The Bertz CT molecular complexity index is 652. The van der Waals surface area contributed by atoms with Crippen molar-refractivity contribution in [3.8, 4) is 0 Å². The number of hydrogen-bond donors (Lipinski definition) is 2. The van der Waals surface area contributed by atoms with Gasteiger partial charge in [0.05, 0.1) is 5.52 Å². The first-order chi connectivity index (χ1) is 7.25. The molecule has 3 aromatic rings. The number of nitrogens with zero attached hydrogens (tertiary/aromatic N) is 1.